The number of rotatable bonds is 3. The van der Waals surface area contributed by atoms with Gasteiger partial charge in [-0.25, -0.2) is 8.99 Å². The Morgan fingerprint density at radius 1 is 1.15 bits per heavy atom. The lowest BCUT2D eigenvalue weighted by Crippen LogP contribution is -1.99. The van der Waals surface area contributed by atoms with Crippen LogP contribution in [-0.2, 0) is 16.1 Å². The molecule has 20 heavy (non-hydrogen) atoms. The van der Waals surface area contributed by atoms with Crippen LogP contribution in [0.1, 0.15) is 22.3 Å². The second-order valence-electron chi connectivity index (χ2n) is 5.30. The minimum Gasteiger partial charge on any atom is -0.399 e. The van der Waals surface area contributed by atoms with E-state index in [1.165, 1.54) is 11.8 Å². The minimum atomic E-state index is -2.66. The van der Waals surface area contributed by atoms with Gasteiger partial charge >= 0.3 is 0 Å². The maximum Gasteiger partial charge on any atom is 0.0696 e. The second-order valence-corrected chi connectivity index (χ2v) is 7.46. The third-order valence-electron chi connectivity index (χ3n) is 3.47. The topological polar surface area (TPSA) is 66.9 Å². The lowest BCUT2D eigenvalue weighted by atomic mass is 9.98. The molecule has 0 heterocycles. The van der Waals surface area contributed by atoms with Crippen molar-refractivity contribution in [3.05, 3.63) is 58.7 Å². The SMILES string of the molecule is Cc1cc(Cc2cccc(S(C)(=N)=O)c2)c(C)cc1N. The highest BCUT2D eigenvalue weighted by Crippen LogP contribution is 2.21. The molecular weight excluding hydrogens is 268 g/mol. The normalized spacial score (nSPS) is 13.9. The fourth-order valence-corrected chi connectivity index (χ4v) is 2.92. The number of aryl methyl sites for hydroxylation is 2. The fourth-order valence-electron chi connectivity index (χ4n) is 2.21. The van der Waals surface area contributed by atoms with Gasteiger partial charge in [-0.1, -0.05) is 18.2 Å². The first-order valence-corrected chi connectivity index (χ1v) is 8.42. The van der Waals surface area contributed by atoms with Crippen LogP contribution >= 0.6 is 0 Å². The lowest BCUT2D eigenvalue weighted by Gasteiger charge is -2.11. The van der Waals surface area contributed by atoms with Gasteiger partial charge in [-0.05, 0) is 60.7 Å². The van der Waals surface area contributed by atoms with E-state index in [-0.39, 0.29) is 0 Å². The Hall–Kier alpha value is -1.81. The van der Waals surface area contributed by atoms with Gasteiger partial charge in [0.15, 0.2) is 0 Å². The molecule has 2 aromatic carbocycles. The first-order valence-electron chi connectivity index (χ1n) is 6.46. The number of benzene rings is 2. The van der Waals surface area contributed by atoms with Crippen molar-refractivity contribution in [1.29, 1.82) is 4.78 Å². The smallest absolute Gasteiger partial charge is 0.0696 e. The molecular formula is C16H20N2OS. The van der Waals surface area contributed by atoms with Crippen molar-refractivity contribution in [3.63, 3.8) is 0 Å². The summed E-state index contributed by atoms with van der Waals surface area (Å²) in [6.45, 7) is 4.04. The van der Waals surface area contributed by atoms with Crippen LogP contribution in [-0.4, -0.2) is 10.5 Å². The van der Waals surface area contributed by atoms with Gasteiger partial charge in [0, 0.05) is 16.8 Å². The standard InChI is InChI=1S/C16H20N2OS/c1-11-8-16(17)12(2)7-14(11)9-13-5-4-6-15(10-13)20(3,18)19/h4-8,10,18H,9,17H2,1-3H3. The van der Waals surface area contributed by atoms with Gasteiger partial charge in [0.05, 0.1) is 9.73 Å². The van der Waals surface area contributed by atoms with Gasteiger partial charge in [0.1, 0.15) is 0 Å². The molecule has 3 N–H and O–H groups in total. The molecule has 0 amide bonds. The quantitative estimate of drug-likeness (QED) is 0.849. The molecule has 0 spiro atoms. The van der Waals surface area contributed by atoms with E-state index in [0.717, 1.165) is 28.8 Å². The predicted octanol–water partition coefficient (Wildman–Crippen LogP) is 3.51. The van der Waals surface area contributed by atoms with Crippen LogP contribution < -0.4 is 5.73 Å². The van der Waals surface area contributed by atoms with Crippen LogP contribution in [0.25, 0.3) is 0 Å². The molecule has 0 aliphatic heterocycles. The summed E-state index contributed by atoms with van der Waals surface area (Å²) in [5, 5.41) is 0. The van der Waals surface area contributed by atoms with Crippen LogP contribution in [0.3, 0.4) is 0 Å². The molecule has 0 fully saturated rings. The summed E-state index contributed by atoms with van der Waals surface area (Å²) in [7, 11) is -2.66. The monoisotopic (exact) mass is 288 g/mol. The van der Waals surface area contributed by atoms with E-state index in [1.807, 2.05) is 38.1 Å². The molecule has 0 saturated heterocycles. The molecule has 0 aliphatic carbocycles. The molecule has 1 unspecified atom stereocenters. The average molecular weight is 288 g/mol. The van der Waals surface area contributed by atoms with E-state index in [1.54, 1.807) is 6.07 Å². The first-order chi connectivity index (χ1) is 9.27. The van der Waals surface area contributed by atoms with E-state index >= 15 is 0 Å². The van der Waals surface area contributed by atoms with Gasteiger partial charge in [-0.15, -0.1) is 0 Å². The van der Waals surface area contributed by atoms with Crippen molar-refractivity contribution in [1.82, 2.24) is 0 Å². The Bertz CT molecular complexity index is 749. The van der Waals surface area contributed by atoms with E-state index < -0.39 is 9.73 Å². The van der Waals surface area contributed by atoms with Crippen molar-refractivity contribution in [2.75, 3.05) is 12.0 Å². The highest BCUT2D eigenvalue weighted by molar-refractivity contribution is 7.91. The van der Waals surface area contributed by atoms with E-state index in [4.69, 9.17) is 10.5 Å². The Morgan fingerprint density at radius 3 is 2.50 bits per heavy atom. The van der Waals surface area contributed by atoms with Crippen molar-refractivity contribution in [2.24, 2.45) is 0 Å². The lowest BCUT2D eigenvalue weighted by molar-refractivity contribution is 0.679. The Labute approximate surface area is 120 Å². The number of nitrogens with two attached hydrogens (primary N) is 1. The first kappa shape index (κ1) is 14.6. The van der Waals surface area contributed by atoms with Crippen LogP contribution in [0.5, 0.6) is 0 Å². The Morgan fingerprint density at radius 2 is 1.85 bits per heavy atom. The maximum absolute atomic E-state index is 11.8. The van der Waals surface area contributed by atoms with Crippen molar-refractivity contribution >= 4 is 15.4 Å². The third kappa shape index (κ3) is 3.20. The highest BCUT2D eigenvalue weighted by atomic mass is 32.2. The van der Waals surface area contributed by atoms with Crippen LogP contribution in [0.4, 0.5) is 5.69 Å². The van der Waals surface area contributed by atoms with Gasteiger partial charge < -0.3 is 5.73 Å². The Balaban J connectivity index is 2.38. The summed E-state index contributed by atoms with van der Waals surface area (Å²) in [5.74, 6) is 0. The predicted molar refractivity (Wildman–Crippen MR) is 84.6 cm³/mol. The van der Waals surface area contributed by atoms with E-state index in [0.29, 0.717) is 4.90 Å². The van der Waals surface area contributed by atoms with Gasteiger partial charge in [-0.3, -0.25) is 0 Å². The zero-order valence-electron chi connectivity index (χ0n) is 12.1. The number of nitrogen functional groups attached to an aromatic ring is 1. The van der Waals surface area contributed by atoms with E-state index in [2.05, 4.69) is 6.07 Å². The number of hydrogen-bond donors (Lipinski definition) is 2. The van der Waals surface area contributed by atoms with Crippen molar-refractivity contribution in [3.8, 4) is 0 Å². The highest BCUT2D eigenvalue weighted by Gasteiger charge is 2.07. The van der Waals surface area contributed by atoms with Gasteiger partial charge in [0.25, 0.3) is 0 Å². The summed E-state index contributed by atoms with van der Waals surface area (Å²) >= 11 is 0. The van der Waals surface area contributed by atoms with Crippen molar-refractivity contribution < 1.29 is 4.21 Å². The summed E-state index contributed by atoms with van der Waals surface area (Å²) in [5.41, 5.74) is 11.2. The largest absolute Gasteiger partial charge is 0.399 e. The average Bonchev–Trinajstić information content (AvgIpc) is 2.35. The number of hydrogen-bond acceptors (Lipinski definition) is 3. The third-order valence-corrected chi connectivity index (χ3v) is 4.62. The molecule has 106 valence electrons. The molecule has 0 bridgehead atoms. The summed E-state index contributed by atoms with van der Waals surface area (Å²) in [4.78, 5) is 0.583. The summed E-state index contributed by atoms with van der Waals surface area (Å²) in [6, 6.07) is 11.6. The van der Waals surface area contributed by atoms with Crippen LogP contribution in [0.2, 0.25) is 0 Å². The molecule has 2 rings (SSSR count). The van der Waals surface area contributed by atoms with E-state index in [9.17, 15) is 4.21 Å². The zero-order chi connectivity index (χ0) is 14.9. The second kappa shape index (κ2) is 5.29. The summed E-state index contributed by atoms with van der Waals surface area (Å²) in [6.07, 6.45) is 2.21. The Kier molecular flexibility index (Phi) is 3.86. The number of anilines is 1. The molecule has 3 nitrogen and oxygen atoms in total. The molecule has 0 saturated carbocycles. The maximum atomic E-state index is 11.8. The van der Waals surface area contributed by atoms with Gasteiger partial charge in [0.2, 0.25) is 0 Å². The zero-order valence-corrected chi connectivity index (χ0v) is 12.9. The van der Waals surface area contributed by atoms with Gasteiger partial charge in [-0.2, -0.15) is 0 Å². The van der Waals surface area contributed by atoms with Crippen LogP contribution in [0.15, 0.2) is 41.3 Å². The molecule has 2 aromatic rings. The molecule has 4 heteroatoms. The molecule has 0 aromatic heterocycles. The molecule has 0 aliphatic rings. The fraction of sp³-hybridized carbons (Fsp3) is 0.250. The molecule has 1 atom stereocenters. The van der Waals surface area contributed by atoms with Crippen molar-refractivity contribution in [2.45, 2.75) is 25.2 Å². The molecule has 0 radical (unpaired) electrons. The summed E-state index contributed by atoms with van der Waals surface area (Å²) < 4.78 is 19.5. The number of nitrogens with one attached hydrogen (secondary N) is 1. The van der Waals surface area contributed by atoms with Crippen LogP contribution in [0, 0.1) is 18.6 Å². The minimum absolute atomic E-state index is 0.583.